The van der Waals surface area contributed by atoms with Gasteiger partial charge >= 0.3 is 0 Å². The molecule has 0 saturated heterocycles. The van der Waals surface area contributed by atoms with Crippen molar-refractivity contribution in [1.29, 1.82) is 5.41 Å². The topological polar surface area (TPSA) is 61.9 Å². The first-order chi connectivity index (χ1) is 6.99. The maximum atomic E-state index is 6.99. The summed E-state index contributed by atoms with van der Waals surface area (Å²) in [5.74, 6) is 0. The quantitative estimate of drug-likeness (QED) is 0.466. The van der Waals surface area contributed by atoms with Crippen LogP contribution < -0.4 is 11.1 Å². The Morgan fingerprint density at radius 2 is 1.87 bits per heavy atom. The fraction of sp³-hybridized carbons (Fsp3) is 0. The zero-order valence-electron chi connectivity index (χ0n) is 7.92. The molecule has 72 valence electrons. The highest BCUT2D eigenvalue weighted by molar-refractivity contribution is 6.67. The summed E-state index contributed by atoms with van der Waals surface area (Å²) in [4.78, 5) is 0. The first-order valence-corrected chi connectivity index (χ1v) is 4.50. The highest BCUT2D eigenvalue weighted by Gasteiger charge is 2.03. The second-order valence-electron chi connectivity index (χ2n) is 2.92. The minimum Gasteiger partial charge on any atom is -0.398 e. The van der Waals surface area contributed by atoms with E-state index in [2.05, 4.69) is 5.32 Å². The molecule has 4 N–H and O–H groups in total. The van der Waals surface area contributed by atoms with Gasteiger partial charge in [0.25, 0.3) is 0 Å². The smallest absolute Gasteiger partial charge is 0.138 e. The van der Waals surface area contributed by atoms with E-state index in [0.29, 0.717) is 22.5 Å². The molecule has 0 unspecified atom stereocenters. The van der Waals surface area contributed by atoms with Gasteiger partial charge in [-0.25, -0.2) is 0 Å². The monoisotopic (exact) mass is 215 g/mol. The molecule has 0 atom stereocenters. The van der Waals surface area contributed by atoms with Crippen LogP contribution in [-0.2, 0) is 0 Å². The van der Waals surface area contributed by atoms with Crippen LogP contribution in [0, 0.1) is 5.41 Å². The number of halogens is 1. The van der Waals surface area contributed by atoms with Crippen molar-refractivity contribution in [2.24, 2.45) is 5.73 Å². The Kier molecular flexibility index (Phi) is 3.86. The molecule has 0 aromatic heterocycles. The molecule has 0 saturated carbocycles. The van der Waals surface area contributed by atoms with Crippen LogP contribution in [0.2, 0.25) is 0 Å². The third-order valence-electron chi connectivity index (χ3n) is 1.65. The molecule has 0 spiro atoms. The normalized spacial score (nSPS) is 15.7. The lowest BCUT2D eigenvalue weighted by molar-refractivity contribution is 1.09. The zero-order chi connectivity index (χ0) is 11.4. The van der Waals surface area contributed by atoms with E-state index in [4.69, 9.17) is 38.4 Å². The van der Waals surface area contributed by atoms with E-state index in [1.165, 1.54) is 12.2 Å². The molecular formula is C9H8B2ClN3. The van der Waals surface area contributed by atoms with Crippen molar-refractivity contribution in [3.05, 3.63) is 46.8 Å². The molecular weight excluding hydrogens is 207 g/mol. The molecule has 6 heteroatoms. The molecule has 0 fully saturated rings. The summed E-state index contributed by atoms with van der Waals surface area (Å²) in [6.45, 7) is 0. The summed E-state index contributed by atoms with van der Waals surface area (Å²) < 4.78 is 0. The van der Waals surface area contributed by atoms with Gasteiger partial charge in [0, 0.05) is 5.70 Å². The lowest BCUT2D eigenvalue weighted by Gasteiger charge is -2.15. The van der Waals surface area contributed by atoms with Gasteiger partial charge in [-0.15, -0.1) is 0 Å². The van der Waals surface area contributed by atoms with Crippen molar-refractivity contribution in [3.8, 4) is 0 Å². The summed E-state index contributed by atoms with van der Waals surface area (Å²) in [6.07, 6.45) is 6.19. The minimum absolute atomic E-state index is 0.0959. The van der Waals surface area contributed by atoms with Gasteiger partial charge in [-0.2, -0.15) is 0 Å². The average Bonchev–Trinajstić information content (AvgIpc) is 2.12. The Balaban J connectivity index is 2.98. The van der Waals surface area contributed by atoms with Crippen LogP contribution in [0.5, 0.6) is 0 Å². The summed E-state index contributed by atoms with van der Waals surface area (Å²) in [7, 11) is 11.1. The fourth-order valence-corrected chi connectivity index (χ4v) is 1.10. The number of hydrogen-bond acceptors (Lipinski definition) is 3. The first kappa shape index (κ1) is 11.7. The molecule has 1 rings (SSSR count). The largest absolute Gasteiger partial charge is 0.398 e. The van der Waals surface area contributed by atoms with Crippen molar-refractivity contribution in [2.45, 2.75) is 0 Å². The number of nitrogens with one attached hydrogen (secondary N) is 2. The van der Waals surface area contributed by atoms with Gasteiger partial charge in [-0.3, -0.25) is 5.41 Å². The number of allylic oxidation sites excluding steroid dienone is 5. The molecule has 3 nitrogen and oxygen atoms in total. The van der Waals surface area contributed by atoms with Gasteiger partial charge < -0.3 is 11.1 Å². The van der Waals surface area contributed by atoms with E-state index < -0.39 is 0 Å². The first-order valence-electron chi connectivity index (χ1n) is 4.12. The Morgan fingerprint density at radius 1 is 1.33 bits per heavy atom. The minimum atomic E-state index is -0.0959. The standard InChI is InChI=1S/C9H8B2ClN3/c10-7-3-5(4-8(11)15-7)6(13)1-2-9(12)14/h1-4,14-15H,13H2/b2-1-,14-9?. The Morgan fingerprint density at radius 3 is 2.33 bits per heavy atom. The Labute approximate surface area is 96.1 Å². The third kappa shape index (κ3) is 3.72. The molecule has 0 bridgehead atoms. The molecule has 0 aromatic carbocycles. The maximum Gasteiger partial charge on any atom is 0.138 e. The van der Waals surface area contributed by atoms with E-state index in [1.807, 2.05) is 0 Å². The molecule has 0 aliphatic carbocycles. The number of rotatable bonds is 2. The summed E-state index contributed by atoms with van der Waals surface area (Å²) in [5, 5.41) is 9.62. The van der Waals surface area contributed by atoms with Gasteiger partial charge in [-0.1, -0.05) is 11.6 Å². The molecule has 4 radical (unpaired) electrons. The predicted molar refractivity (Wildman–Crippen MR) is 64.7 cm³/mol. The van der Waals surface area contributed by atoms with Crippen molar-refractivity contribution < 1.29 is 0 Å². The summed E-state index contributed by atoms with van der Waals surface area (Å²) >= 11 is 5.34. The molecule has 1 aliphatic heterocycles. The van der Waals surface area contributed by atoms with Crippen molar-refractivity contribution in [1.82, 2.24) is 5.32 Å². The maximum absolute atomic E-state index is 6.99. The number of dihydropyridines is 1. The van der Waals surface area contributed by atoms with E-state index in [9.17, 15) is 0 Å². The van der Waals surface area contributed by atoms with Crippen LogP contribution in [0.15, 0.2) is 46.8 Å². The molecule has 0 aromatic rings. The van der Waals surface area contributed by atoms with Crippen LogP contribution in [-0.4, -0.2) is 20.9 Å². The van der Waals surface area contributed by atoms with E-state index in [0.717, 1.165) is 0 Å². The number of nitrogens with two attached hydrogens (primary N) is 1. The molecule has 0 amide bonds. The van der Waals surface area contributed by atoms with Gasteiger partial charge in [0.15, 0.2) is 0 Å². The van der Waals surface area contributed by atoms with Gasteiger partial charge in [0.05, 0.1) is 0 Å². The number of hydrogen-bond donors (Lipinski definition) is 3. The van der Waals surface area contributed by atoms with E-state index >= 15 is 0 Å². The van der Waals surface area contributed by atoms with Crippen molar-refractivity contribution in [2.75, 3.05) is 0 Å². The van der Waals surface area contributed by atoms with Gasteiger partial charge in [0.2, 0.25) is 0 Å². The van der Waals surface area contributed by atoms with Crippen LogP contribution in [0.4, 0.5) is 0 Å². The third-order valence-corrected chi connectivity index (χ3v) is 1.78. The Hall–Kier alpha value is -1.35. The molecule has 1 heterocycles. The highest BCUT2D eigenvalue weighted by atomic mass is 35.5. The molecule has 1 aliphatic rings. The van der Waals surface area contributed by atoms with Crippen LogP contribution in [0.1, 0.15) is 0 Å². The second-order valence-corrected chi connectivity index (χ2v) is 3.32. The van der Waals surface area contributed by atoms with Crippen LogP contribution in [0.3, 0.4) is 0 Å². The lowest BCUT2D eigenvalue weighted by Crippen LogP contribution is -2.17. The SMILES string of the molecule is [B]C1=CC(=C(N)/C=C\C(=N)Cl)C=C([B])N1. The van der Waals surface area contributed by atoms with Crippen LogP contribution in [0.25, 0.3) is 0 Å². The lowest BCUT2D eigenvalue weighted by atomic mass is 9.90. The fourth-order valence-electron chi connectivity index (χ4n) is 1.04. The summed E-state index contributed by atoms with van der Waals surface area (Å²) in [5.41, 5.74) is 7.68. The van der Waals surface area contributed by atoms with E-state index in [1.54, 1.807) is 12.2 Å². The predicted octanol–water partition coefficient (Wildman–Crippen LogP) is 0.594. The van der Waals surface area contributed by atoms with E-state index in [-0.39, 0.29) is 5.17 Å². The average molecular weight is 215 g/mol. The zero-order valence-corrected chi connectivity index (χ0v) is 8.68. The van der Waals surface area contributed by atoms with Crippen molar-refractivity contribution in [3.63, 3.8) is 0 Å². The van der Waals surface area contributed by atoms with Gasteiger partial charge in [-0.05, 0) is 41.1 Å². The Bertz CT molecular complexity index is 388. The van der Waals surface area contributed by atoms with Crippen molar-refractivity contribution >= 4 is 32.5 Å². The van der Waals surface area contributed by atoms with Crippen LogP contribution >= 0.6 is 11.6 Å². The highest BCUT2D eigenvalue weighted by Crippen LogP contribution is 2.12. The second kappa shape index (κ2) is 4.94. The summed E-state index contributed by atoms with van der Waals surface area (Å²) in [6, 6.07) is 0. The molecule has 15 heavy (non-hydrogen) atoms. The van der Waals surface area contributed by atoms with Gasteiger partial charge in [0.1, 0.15) is 20.9 Å².